The number of aliphatic hydroxyl groups is 1. The summed E-state index contributed by atoms with van der Waals surface area (Å²) in [7, 11) is 3.14. The summed E-state index contributed by atoms with van der Waals surface area (Å²) in [6, 6.07) is 13.0. The van der Waals surface area contributed by atoms with Gasteiger partial charge in [0.15, 0.2) is 0 Å². The van der Waals surface area contributed by atoms with E-state index in [1.165, 1.54) is 11.8 Å². The fraction of sp³-hybridized carbons (Fsp3) is 0.217. The smallest absolute Gasteiger partial charge is 0.344 e. The number of aliphatic imine (C=N–C) groups is 1. The monoisotopic (exact) mass is 425 g/mol. The zero-order valence-corrected chi connectivity index (χ0v) is 18.1. The highest BCUT2D eigenvalue weighted by Gasteiger charge is 2.33. The molecule has 1 aliphatic heterocycles. The maximum Gasteiger partial charge on any atom is 0.344 e. The number of carbonyl (C=O) groups excluding carboxylic acids is 1. The molecule has 0 saturated heterocycles. The van der Waals surface area contributed by atoms with Crippen LogP contribution in [0.2, 0.25) is 0 Å². The van der Waals surface area contributed by atoms with E-state index < -0.39 is 5.97 Å². The van der Waals surface area contributed by atoms with E-state index in [4.69, 9.17) is 14.2 Å². The number of nitrogens with zero attached hydrogens (tertiary/aromatic N) is 1. The Kier molecular flexibility index (Phi) is 6.84. The summed E-state index contributed by atoms with van der Waals surface area (Å²) < 4.78 is 15.8. The Labute approximate surface area is 179 Å². The number of hydrogen-bond donors (Lipinski definition) is 1. The highest BCUT2D eigenvalue weighted by atomic mass is 32.2. The normalized spacial score (nSPS) is 16.3. The van der Waals surface area contributed by atoms with Crippen molar-refractivity contribution in [3.05, 3.63) is 69.8 Å². The Morgan fingerprint density at radius 3 is 2.63 bits per heavy atom. The second kappa shape index (κ2) is 9.54. The second-order valence-electron chi connectivity index (χ2n) is 6.42. The number of methoxy groups -OCH3 is 2. The van der Waals surface area contributed by atoms with Crippen LogP contribution in [0.4, 0.5) is 5.69 Å². The van der Waals surface area contributed by atoms with Gasteiger partial charge in [-0.25, -0.2) is 9.79 Å². The van der Waals surface area contributed by atoms with Gasteiger partial charge in [-0.3, -0.25) is 0 Å². The van der Waals surface area contributed by atoms with Crippen molar-refractivity contribution in [3.8, 4) is 11.5 Å². The van der Waals surface area contributed by atoms with E-state index in [0.717, 1.165) is 11.1 Å². The van der Waals surface area contributed by atoms with Crippen LogP contribution in [0.25, 0.3) is 6.08 Å². The van der Waals surface area contributed by atoms with Crippen molar-refractivity contribution in [1.29, 1.82) is 0 Å². The van der Waals surface area contributed by atoms with Gasteiger partial charge in [0.25, 0.3) is 0 Å². The SMILES string of the molecule is CCOC(=O)C1=C(O)C(=Cc2ccc(OC)cc2OC)SC1=Nc1cccc(C)c1. The molecule has 1 aliphatic rings. The molecule has 2 aromatic rings. The molecule has 0 atom stereocenters. The Bertz CT molecular complexity index is 1060. The number of esters is 1. The lowest BCUT2D eigenvalue weighted by molar-refractivity contribution is -0.138. The minimum absolute atomic E-state index is 0.0575. The Hall–Kier alpha value is -3.19. The molecule has 2 aromatic carbocycles. The fourth-order valence-corrected chi connectivity index (χ4v) is 3.91. The van der Waals surface area contributed by atoms with E-state index in [0.29, 0.717) is 27.1 Å². The zero-order chi connectivity index (χ0) is 21.7. The van der Waals surface area contributed by atoms with Gasteiger partial charge in [0, 0.05) is 11.6 Å². The van der Waals surface area contributed by atoms with E-state index >= 15 is 0 Å². The van der Waals surface area contributed by atoms with Crippen LogP contribution in [0.3, 0.4) is 0 Å². The number of thioether (sulfide) groups is 1. The third kappa shape index (κ3) is 4.68. The standard InChI is InChI=1S/C23H23NO5S/c1-5-29-23(26)20-21(25)19(12-15-9-10-17(27-3)13-18(15)28-4)30-22(20)24-16-8-6-7-14(2)11-16/h6-13,25H,5H2,1-4H3. The minimum Gasteiger partial charge on any atom is -0.506 e. The molecule has 1 N–H and O–H groups in total. The topological polar surface area (TPSA) is 77.4 Å². The van der Waals surface area contributed by atoms with Crippen molar-refractivity contribution < 1.29 is 24.1 Å². The van der Waals surface area contributed by atoms with Crippen LogP contribution in [0.1, 0.15) is 18.1 Å². The first-order valence-corrected chi connectivity index (χ1v) is 10.2. The summed E-state index contributed by atoms with van der Waals surface area (Å²) >= 11 is 1.21. The largest absolute Gasteiger partial charge is 0.506 e. The first-order chi connectivity index (χ1) is 14.5. The highest BCUT2D eigenvalue weighted by molar-refractivity contribution is 8.18. The molecule has 30 heavy (non-hydrogen) atoms. The molecule has 0 spiro atoms. The lowest BCUT2D eigenvalue weighted by atomic mass is 10.1. The van der Waals surface area contributed by atoms with Crippen molar-refractivity contribution in [2.45, 2.75) is 13.8 Å². The predicted octanol–water partition coefficient (Wildman–Crippen LogP) is 5.21. The van der Waals surface area contributed by atoms with Crippen molar-refractivity contribution in [2.75, 3.05) is 20.8 Å². The Morgan fingerprint density at radius 1 is 1.17 bits per heavy atom. The van der Waals surface area contributed by atoms with Crippen LogP contribution in [0, 0.1) is 6.92 Å². The van der Waals surface area contributed by atoms with Crippen molar-refractivity contribution in [2.24, 2.45) is 4.99 Å². The molecule has 0 aliphatic carbocycles. The average Bonchev–Trinajstić information content (AvgIpc) is 3.03. The summed E-state index contributed by atoms with van der Waals surface area (Å²) in [5.74, 6) is 0.459. The van der Waals surface area contributed by atoms with Gasteiger partial charge in [-0.05, 0) is 49.8 Å². The molecule has 156 valence electrons. The van der Waals surface area contributed by atoms with Crippen LogP contribution in [-0.4, -0.2) is 36.9 Å². The van der Waals surface area contributed by atoms with Crippen molar-refractivity contribution in [3.63, 3.8) is 0 Å². The Balaban J connectivity index is 2.07. The summed E-state index contributed by atoms with van der Waals surface area (Å²) in [5, 5.41) is 11.2. The molecule has 0 aromatic heterocycles. The number of hydrogen-bond acceptors (Lipinski definition) is 7. The number of ether oxygens (including phenoxy) is 3. The van der Waals surface area contributed by atoms with Crippen LogP contribution in [-0.2, 0) is 9.53 Å². The maximum absolute atomic E-state index is 12.5. The van der Waals surface area contributed by atoms with E-state index in [2.05, 4.69) is 4.99 Å². The van der Waals surface area contributed by atoms with Gasteiger partial charge in [0.2, 0.25) is 0 Å². The quantitative estimate of drug-likeness (QED) is 0.641. The summed E-state index contributed by atoms with van der Waals surface area (Å²) in [6.45, 7) is 3.88. The minimum atomic E-state index is -0.612. The summed E-state index contributed by atoms with van der Waals surface area (Å²) in [5.41, 5.74) is 2.52. The van der Waals surface area contributed by atoms with Gasteiger partial charge < -0.3 is 19.3 Å². The van der Waals surface area contributed by atoms with Crippen LogP contribution in [0.15, 0.2) is 63.7 Å². The molecule has 1 heterocycles. The zero-order valence-electron chi connectivity index (χ0n) is 17.3. The van der Waals surface area contributed by atoms with E-state index in [1.807, 2.05) is 37.3 Å². The number of carbonyl (C=O) groups is 1. The first kappa shape index (κ1) is 21.5. The van der Waals surface area contributed by atoms with Gasteiger partial charge in [0.05, 0.1) is 31.4 Å². The van der Waals surface area contributed by atoms with Crippen molar-refractivity contribution in [1.82, 2.24) is 0 Å². The van der Waals surface area contributed by atoms with E-state index in [-0.39, 0.29) is 17.9 Å². The van der Waals surface area contributed by atoms with Gasteiger partial charge in [-0.1, -0.05) is 23.9 Å². The van der Waals surface area contributed by atoms with Gasteiger partial charge in [0.1, 0.15) is 27.9 Å². The van der Waals surface area contributed by atoms with Crippen LogP contribution < -0.4 is 9.47 Å². The number of rotatable bonds is 6. The molecule has 0 unspecified atom stereocenters. The third-order valence-corrected chi connectivity index (χ3v) is 5.35. The molecule has 0 saturated carbocycles. The molecule has 7 heteroatoms. The van der Waals surface area contributed by atoms with Crippen LogP contribution in [0.5, 0.6) is 11.5 Å². The molecule has 3 rings (SSSR count). The molecule has 0 amide bonds. The average molecular weight is 426 g/mol. The van der Waals surface area contributed by atoms with Crippen molar-refractivity contribution >= 4 is 34.5 Å². The van der Waals surface area contributed by atoms with E-state index in [1.54, 1.807) is 39.4 Å². The summed E-state index contributed by atoms with van der Waals surface area (Å²) in [4.78, 5) is 17.6. The van der Waals surface area contributed by atoms with Gasteiger partial charge in [-0.2, -0.15) is 0 Å². The van der Waals surface area contributed by atoms with Crippen LogP contribution >= 0.6 is 11.8 Å². The molecular formula is C23H23NO5S. The maximum atomic E-state index is 12.5. The predicted molar refractivity (Wildman–Crippen MR) is 120 cm³/mol. The third-order valence-electron chi connectivity index (χ3n) is 4.33. The van der Waals surface area contributed by atoms with Gasteiger partial charge >= 0.3 is 5.97 Å². The molecular weight excluding hydrogens is 402 g/mol. The lowest BCUT2D eigenvalue weighted by Crippen LogP contribution is -2.12. The first-order valence-electron chi connectivity index (χ1n) is 9.34. The molecule has 0 radical (unpaired) electrons. The number of aliphatic hydroxyl groups excluding tert-OH is 1. The Morgan fingerprint density at radius 2 is 1.97 bits per heavy atom. The molecule has 0 fully saturated rings. The second-order valence-corrected chi connectivity index (χ2v) is 7.45. The number of aryl methyl sites for hydroxylation is 1. The number of benzene rings is 2. The molecule has 0 bridgehead atoms. The fourth-order valence-electron chi connectivity index (χ4n) is 2.89. The molecule has 6 nitrogen and oxygen atoms in total. The highest BCUT2D eigenvalue weighted by Crippen LogP contribution is 2.41. The van der Waals surface area contributed by atoms with E-state index in [9.17, 15) is 9.90 Å². The lowest BCUT2D eigenvalue weighted by Gasteiger charge is -2.08. The van der Waals surface area contributed by atoms with Gasteiger partial charge in [-0.15, -0.1) is 0 Å². The summed E-state index contributed by atoms with van der Waals surface area (Å²) in [6.07, 6.45) is 1.75.